The average Bonchev–Trinajstić information content (AvgIpc) is 2.91. The number of hydrogen-bond acceptors (Lipinski definition) is 4. The van der Waals surface area contributed by atoms with Gasteiger partial charge in [0.25, 0.3) is 0 Å². The van der Waals surface area contributed by atoms with Gasteiger partial charge in [-0.3, -0.25) is 5.32 Å². The van der Waals surface area contributed by atoms with E-state index in [-0.39, 0.29) is 12.0 Å². The molecule has 0 unspecified atom stereocenters. The van der Waals surface area contributed by atoms with Crippen molar-refractivity contribution in [3.63, 3.8) is 0 Å². The van der Waals surface area contributed by atoms with E-state index in [2.05, 4.69) is 20.6 Å². The number of hydrogen-bond donors (Lipinski definition) is 3. The van der Waals surface area contributed by atoms with Crippen LogP contribution in [0.25, 0.3) is 11.1 Å². The van der Waals surface area contributed by atoms with Crippen molar-refractivity contribution in [1.82, 2.24) is 10.3 Å². The van der Waals surface area contributed by atoms with Gasteiger partial charge in [-0.25, -0.2) is 4.79 Å². The Morgan fingerprint density at radius 2 is 1.91 bits per heavy atom. The number of para-hydroxylation sites is 3. The summed E-state index contributed by atoms with van der Waals surface area (Å²) < 4.78 is 5.41. The molecule has 0 saturated heterocycles. The van der Waals surface area contributed by atoms with E-state index < -0.39 is 6.03 Å². The number of aromatic nitrogens is 1. The predicted octanol–water partition coefficient (Wildman–Crippen LogP) is 2.90. The van der Waals surface area contributed by atoms with Gasteiger partial charge in [-0.05, 0) is 30.7 Å². The molecule has 2 amide bonds. The maximum Gasteiger partial charge on any atom is 0.326 e. The summed E-state index contributed by atoms with van der Waals surface area (Å²) in [7, 11) is 0. The Kier molecular flexibility index (Phi) is 3.92. The minimum atomic E-state index is -0.489. The summed E-state index contributed by atoms with van der Waals surface area (Å²) in [5, 5.41) is 5.12. The number of carbonyl (C=O) groups excluding carboxylic acids is 1. The van der Waals surface area contributed by atoms with Crippen molar-refractivity contribution < 1.29 is 9.21 Å². The van der Waals surface area contributed by atoms with Gasteiger partial charge in [-0.2, -0.15) is 9.98 Å². The first-order valence-corrected chi connectivity index (χ1v) is 6.95. The van der Waals surface area contributed by atoms with Gasteiger partial charge in [0.15, 0.2) is 5.58 Å². The van der Waals surface area contributed by atoms with Crippen LogP contribution in [0.4, 0.5) is 16.5 Å². The number of aryl methyl sites for hydroxylation is 1. The van der Waals surface area contributed by atoms with Crippen LogP contribution >= 0.6 is 0 Å². The van der Waals surface area contributed by atoms with E-state index in [4.69, 9.17) is 10.2 Å². The molecule has 0 fully saturated rings. The average molecular weight is 309 g/mol. The van der Waals surface area contributed by atoms with Gasteiger partial charge in [0.05, 0.1) is 0 Å². The molecule has 1 aromatic heterocycles. The Morgan fingerprint density at radius 3 is 2.70 bits per heavy atom. The zero-order valence-corrected chi connectivity index (χ0v) is 12.4. The maximum atomic E-state index is 11.9. The second-order valence-corrected chi connectivity index (χ2v) is 4.86. The highest BCUT2D eigenvalue weighted by Gasteiger charge is 2.08. The van der Waals surface area contributed by atoms with Crippen LogP contribution in [0.3, 0.4) is 0 Å². The van der Waals surface area contributed by atoms with E-state index in [1.807, 2.05) is 37.3 Å². The van der Waals surface area contributed by atoms with Gasteiger partial charge in [0.2, 0.25) is 5.96 Å². The third-order valence-corrected chi connectivity index (χ3v) is 3.13. The van der Waals surface area contributed by atoms with Crippen LogP contribution in [0.2, 0.25) is 0 Å². The monoisotopic (exact) mass is 309 g/mol. The zero-order chi connectivity index (χ0) is 16.2. The van der Waals surface area contributed by atoms with E-state index in [0.717, 1.165) is 5.56 Å². The number of amides is 2. The molecular formula is C16H15N5O2. The number of urea groups is 1. The Bertz CT molecular complexity index is 852. The molecule has 0 bridgehead atoms. The van der Waals surface area contributed by atoms with Crippen LogP contribution in [-0.4, -0.2) is 17.0 Å². The van der Waals surface area contributed by atoms with Gasteiger partial charge < -0.3 is 15.5 Å². The topological polar surface area (TPSA) is 106 Å². The van der Waals surface area contributed by atoms with Crippen LogP contribution in [0, 0.1) is 6.92 Å². The lowest BCUT2D eigenvalue weighted by atomic mass is 10.2. The summed E-state index contributed by atoms with van der Waals surface area (Å²) >= 11 is 0. The van der Waals surface area contributed by atoms with Gasteiger partial charge in [-0.15, -0.1) is 0 Å². The molecule has 4 N–H and O–H groups in total. The standard InChI is InChI=1S/C16H15N5O2/c1-10-6-2-3-7-11(10)18-15(22)20-14(17)21-16-19-12-8-4-5-9-13(12)23-16/h2-9H,1H3,(H4,17,18,19,20,21,22). The summed E-state index contributed by atoms with van der Waals surface area (Å²) in [6.07, 6.45) is 0. The van der Waals surface area contributed by atoms with Gasteiger partial charge in [-0.1, -0.05) is 30.3 Å². The highest BCUT2D eigenvalue weighted by molar-refractivity contribution is 6.02. The summed E-state index contributed by atoms with van der Waals surface area (Å²) in [6, 6.07) is 14.3. The summed E-state index contributed by atoms with van der Waals surface area (Å²) in [4.78, 5) is 20.0. The fraction of sp³-hybridized carbons (Fsp3) is 0.0625. The second kappa shape index (κ2) is 6.18. The summed E-state index contributed by atoms with van der Waals surface area (Å²) in [5.41, 5.74) is 8.60. The highest BCUT2D eigenvalue weighted by atomic mass is 16.4. The molecule has 0 atom stereocenters. The molecule has 0 radical (unpaired) electrons. The van der Waals surface area contributed by atoms with E-state index in [9.17, 15) is 4.79 Å². The molecule has 0 saturated carbocycles. The predicted molar refractivity (Wildman–Crippen MR) is 88.6 cm³/mol. The van der Waals surface area contributed by atoms with Crippen LogP contribution in [0.1, 0.15) is 5.56 Å². The number of rotatable bonds is 2. The summed E-state index contributed by atoms with van der Waals surface area (Å²) in [6.45, 7) is 1.89. The lowest BCUT2D eigenvalue weighted by Crippen LogP contribution is -2.39. The van der Waals surface area contributed by atoms with Crippen LogP contribution in [0.15, 0.2) is 57.9 Å². The van der Waals surface area contributed by atoms with Crippen molar-refractivity contribution in [3.05, 3.63) is 54.1 Å². The van der Waals surface area contributed by atoms with Gasteiger partial charge in [0.1, 0.15) is 5.52 Å². The molecule has 23 heavy (non-hydrogen) atoms. The number of fused-ring (bicyclic) bond motifs is 1. The first-order chi connectivity index (χ1) is 11.1. The molecule has 0 aliphatic rings. The summed E-state index contributed by atoms with van der Waals surface area (Å²) in [5.74, 6) is -0.109. The molecular weight excluding hydrogens is 294 g/mol. The number of benzene rings is 2. The molecule has 7 heteroatoms. The number of carbonyl (C=O) groups is 1. The van der Waals surface area contributed by atoms with Crippen LogP contribution in [0.5, 0.6) is 0 Å². The number of aliphatic imine (C=N–C) groups is 1. The first kappa shape index (κ1) is 14.6. The van der Waals surface area contributed by atoms with Crippen molar-refractivity contribution in [3.8, 4) is 0 Å². The first-order valence-electron chi connectivity index (χ1n) is 6.95. The molecule has 2 aromatic carbocycles. The van der Waals surface area contributed by atoms with Crippen molar-refractivity contribution in [2.75, 3.05) is 5.32 Å². The molecule has 0 spiro atoms. The van der Waals surface area contributed by atoms with Crippen molar-refractivity contribution in [1.29, 1.82) is 0 Å². The lowest BCUT2D eigenvalue weighted by Gasteiger charge is -2.08. The molecule has 116 valence electrons. The minimum Gasteiger partial charge on any atom is -0.422 e. The minimum absolute atomic E-state index is 0.0832. The number of guanidine groups is 1. The molecule has 0 aliphatic carbocycles. The Balaban J connectivity index is 1.69. The fourth-order valence-electron chi connectivity index (χ4n) is 2.02. The third kappa shape index (κ3) is 3.46. The van der Waals surface area contributed by atoms with E-state index in [1.165, 1.54) is 0 Å². The Hall–Kier alpha value is -3.35. The number of nitrogens with two attached hydrogens (primary N) is 1. The van der Waals surface area contributed by atoms with Crippen molar-refractivity contribution in [2.24, 2.45) is 10.7 Å². The van der Waals surface area contributed by atoms with E-state index in [1.54, 1.807) is 18.2 Å². The van der Waals surface area contributed by atoms with Crippen molar-refractivity contribution in [2.45, 2.75) is 6.92 Å². The number of nitrogens with one attached hydrogen (secondary N) is 2. The SMILES string of the molecule is Cc1ccccc1NC(=O)N/C(N)=N/c1nc2ccccc2o1. The van der Waals surface area contributed by atoms with Crippen LogP contribution in [-0.2, 0) is 0 Å². The lowest BCUT2D eigenvalue weighted by molar-refractivity contribution is 0.256. The normalized spacial score (nSPS) is 11.4. The zero-order valence-electron chi connectivity index (χ0n) is 12.4. The molecule has 3 rings (SSSR count). The molecule has 1 heterocycles. The van der Waals surface area contributed by atoms with Crippen molar-refractivity contribution >= 4 is 34.8 Å². The van der Waals surface area contributed by atoms with E-state index >= 15 is 0 Å². The molecule has 7 nitrogen and oxygen atoms in total. The maximum absolute atomic E-state index is 11.9. The quantitative estimate of drug-likeness (QED) is 0.500. The van der Waals surface area contributed by atoms with E-state index in [0.29, 0.717) is 16.8 Å². The van der Waals surface area contributed by atoms with Gasteiger partial charge >= 0.3 is 12.0 Å². The van der Waals surface area contributed by atoms with Gasteiger partial charge in [0, 0.05) is 5.69 Å². The number of oxazole rings is 1. The molecule has 3 aromatic rings. The highest BCUT2D eigenvalue weighted by Crippen LogP contribution is 2.20. The fourth-order valence-corrected chi connectivity index (χ4v) is 2.02. The van der Waals surface area contributed by atoms with Crippen LogP contribution < -0.4 is 16.4 Å². The Labute approximate surface area is 132 Å². The smallest absolute Gasteiger partial charge is 0.326 e. The molecule has 0 aliphatic heterocycles. The Morgan fingerprint density at radius 1 is 1.17 bits per heavy atom. The number of nitrogens with zero attached hydrogens (tertiary/aromatic N) is 2. The number of anilines is 1. The largest absolute Gasteiger partial charge is 0.422 e. The second-order valence-electron chi connectivity index (χ2n) is 4.86. The third-order valence-electron chi connectivity index (χ3n) is 3.13.